The monoisotopic (exact) mass is 269 g/mol. The zero-order valence-corrected chi connectivity index (χ0v) is 11.8. The second kappa shape index (κ2) is 7.28. The molecule has 1 saturated carbocycles. The van der Waals surface area contributed by atoms with Crippen LogP contribution in [-0.2, 0) is 19.1 Å². The minimum absolute atomic E-state index is 0.0293. The van der Waals surface area contributed by atoms with Crippen LogP contribution >= 0.6 is 0 Å². The van der Waals surface area contributed by atoms with E-state index in [-0.39, 0.29) is 18.1 Å². The second-order valence-electron chi connectivity index (χ2n) is 4.79. The number of hydrogen-bond acceptors (Lipinski definition) is 4. The Morgan fingerprint density at radius 2 is 2.11 bits per heavy atom. The molecule has 1 aliphatic rings. The lowest BCUT2D eigenvalue weighted by atomic mass is 9.77. The SMILES string of the molecule is C=CCN(CC(=O)OCC)C(=O)CC1(OC)CCC1. The van der Waals surface area contributed by atoms with Crippen LogP contribution in [0.2, 0.25) is 0 Å². The first-order valence-corrected chi connectivity index (χ1v) is 6.66. The Hall–Kier alpha value is -1.36. The van der Waals surface area contributed by atoms with E-state index in [9.17, 15) is 9.59 Å². The van der Waals surface area contributed by atoms with Gasteiger partial charge >= 0.3 is 5.97 Å². The highest BCUT2D eigenvalue weighted by atomic mass is 16.5. The molecule has 0 atom stereocenters. The van der Waals surface area contributed by atoms with Gasteiger partial charge < -0.3 is 14.4 Å². The van der Waals surface area contributed by atoms with Gasteiger partial charge in [0.1, 0.15) is 6.54 Å². The molecule has 19 heavy (non-hydrogen) atoms. The number of carbonyl (C=O) groups excluding carboxylic acids is 2. The molecule has 0 spiro atoms. The van der Waals surface area contributed by atoms with E-state index in [1.807, 2.05) is 0 Å². The first-order valence-electron chi connectivity index (χ1n) is 6.66. The number of hydrogen-bond donors (Lipinski definition) is 0. The summed E-state index contributed by atoms with van der Waals surface area (Å²) >= 11 is 0. The highest BCUT2D eigenvalue weighted by Crippen LogP contribution is 2.38. The van der Waals surface area contributed by atoms with Crippen molar-refractivity contribution < 1.29 is 19.1 Å². The van der Waals surface area contributed by atoms with Crippen LogP contribution in [0.4, 0.5) is 0 Å². The third-order valence-electron chi connectivity index (χ3n) is 3.50. The number of esters is 1. The minimum atomic E-state index is -0.391. The summed E-state index contributed by atoms with van der Waals surface area (Å²) in [7, 11) is 1.63. The lowest BCUT2D eigenvalue weighted by Crippen LogP contribution is -2.46. The van der Waals surface area contributed by atoms with Gasteiger partial charge in [-0.1, -0.05) is 6.08 Å². The van der Waals surface area contributed by atoms with Crippen molar-refractivity contribution in [3.05, 3.63) is 12.7 Å². The molecule has 0 aromatic heterocycles. The molecule has 0 saturated heterocycles. The van der Waals surface area contributed by atoms with Crippen LogP contribution in [0.25, 0.3) is 0 Å². The van der Waals surface area contributed by atoms with Crippen LogP contribution in [0.1, 0.15) is 32.6 Å². The molecular weight excluding hydrogens is 246 g/mol. The zero-order valence-electron chi connectivity index (χ0n) is 11.8. The summed E-state index contributed by atoms with van der Waals surface area (Å²) in [6, 6.07) is 0. The molecule has 1 rings (SSSR count). The lowest BCUT2D eigenvalue weighted by molar-refractivity contribution is -0.153. The fourth-order valence-corrected chi connectivity index (χ4v) is 2.18. The van der Waals surface area contributed by atoms with E-state index in [2.05, 4.69) is 6.58 Å². The Balaban J connectivity index is 2.56. The van der Waals surface area contributed by atoms with Crippen LogP contribution in [0.5, 0.6) is 0 Å². The topological polar surface area (TPSA) is 55.8 Å². The van der Waals surface area contributed by atoms with Gasteiger partial charge in [0, 0.05) is 13.7 Å². The fraction of sp³-hybridized carbons (Fsp3) is 0.714. The molecule has 0 unspecified atom stereocenters. The standard InChI is InChI=1S/C14H23NO4/c1-4-9-15(11-13(17)19-5-2)12(16)10-14(18-3)7-6-8-14/h4H,1,5-11H2,2-3H3. The molecular formula is C14H23NO4. The van der Waals surface area contributed by atoms with Crippen LogP contribution in [0, 0.1) is 0 Å². The van der Waals surface area contributed by atoms with Gasteiger partial charge in [0.25, 0.3) is 0 Å². The molecule has 1 fully saturated rings. The van der Waals surface area contributed by atoms with Gasteiger partial charge in [-0.2, -0.15) is 0 Å². The summed E-state index contributed by atoms with van der Waals surface area (Å²) in [4.78, 5) is 25.2. The van der Waals surface area contributed by atoms with Crippen molar-refractivity contribution in [2.24, 2.45) is 0 Å². The molecule has 1 aliphatic carbocycles. The first-order chi connectivity index (χ1) is 9.06. The lowest BCUT2D eigenvalue weighted by Gasteiger charge is -2.40. The molecule has 0 aliphatic heterocycles. The number of amides is 1. The van der Waals surface area contributed by atoms with Crippen molar-refractivity contribution in [2.75, 3.05) is 26.8 Å². The molecule has 108 valence electrons. The molecule has 0 N–H and O–H groups in total. The number of nitrogens with zero attached hydrogens (tertiary/aromatic N) is 1. The van der Waals surface area contributed by atoms with Crippen molar-refractivity contribution in [2.45, 2.75) is 38.2 Å². The Morgan fingerprint density at radius 3 is 2.53 bits per heavy atom. The van der Waals surface area contributed by atoms with E-state index in [1.165, 1.54) is 4.90 Å². The molecule has 5 nitrogen and oxygen atoms in total. The van der Waals surface area contributed by atoms with Crippen molar-refractivity contribution in [3.63, 3.8) is 0 Å². The first kappa shape index (κ1) is 15.7. The summed E-state index contributed by atoms with van der Waals surface area (Å²) in [5.41, 5.74) is -0.328. The molecule has 0 heterocycles. The van der Waals surface area contributed by atoms with Crippen LogP contribution in [-0.4, -0.2) is 49.2 Å². The van der Waals surface area contributed by atoms with Gasteiger partial charge in [-0.15, -0.1) is 6.58 Å². The maximum atomic E-state index is 12.2. The Kier molecular flexibility index (Phi) is 6.02. The third-order valence-corrected chi connectivity index (χ3v) is 3.50. The van der Waals surface area contributed by atoms with Gasteiger partial charge in [0.2, 0.25) is 5.91 Å². The molecule has 0 bridgehead atoms. The highest BCUT2D eigenvalue weighted by Gasteiger charge is 2.40. The van der Waals surface area contributed by atoms with E-state index >= 15 is 0 Å². The van der Waals surface area contributed by atoms with E-state index in [4.69, 9.17) is 9.47 Å². The number of methoxy groups -OCH3 is 1. The van der Waals surface area contributed by atoms with E-state index in [0.29, 0.717) is 19.6 Å². The quantitative estimate of drug-likeness (QED) is 0.495. The zero-order chi connectivity index (χ0) is 14.3. The normalized spacial score (nSPS) is 16.3. The summed E-state index contributed by atoms with van der Waals surface area (Å²) in [5.74, 6) is -0.479. The minimum Gasteiger partial charge on any atom is -0.465 e. The number of carbonyl (C=O) groups is 2. The predicted octanol–water partition coefficient (Wildman–Crippen LogP) is 1.52. The van der Waals surface area contributed by atoms with Gasteiger partial charge in [0.15, 0.2) is 0 Å². The van der Waals surface area contributed by atoms with E-state index in [0.717, 1.165) is 19.3 Å². The van der Waals surface area contributed by atoms with Crippen molar-refractivity contribution in [1.82, 2.24) is 4.90 Å². The molecule has 0 aromatic carbocycles. The summed E-state index contributed by atoms with van der Waals surface area (Å²) in [6.07, 6.45) is 4.81. The van der Waals surface area contributed by atoms with Crippen LogP contribution < -0.4 is 0 Å². The average Bonchev–Trinajstić information content (AvgIpc) is 2.33. The highest BCUT2D eigenvalue weighted by molar-refractivity contribution is 5.83. The predicted molar refractivity (Wildman–Crippen MR) is 71.6 cm³/mol. The summed E-state index contributed by atoms with van der Waals surface area (Å²) in [6.45, 7) is 5.98. The third kappa shape index (κ3) is 4.35. The van der Waals surface area contributed by atoms with Crippen molar-refractivity contribution in [3.8, 4) is 0 Å². The molecule has 0 aromatic rings. The maximum absolute atomic E-state index is 12.2. The number of ether oxygens (including phenoxy) is 2. The average molecular weight is 269 g/mol. The van der Waals surface area contributed by atoms with Gasteiger partial charge in [-0.25, -0.2) is 0 Å². The Morgan fingerprint density at radius 1 is 1.42 bits per heavy atom. The van der Waals surface area contributed by atoms with Crippen molar-refractivity contribution in [1.29, 1.82) is 0 Å². The van der Waals surface area contributed by atoms with Crippen LogP contribution in [0.3, 0.4) is 0 Å². The second-order valence-corrected chi connectivity index (χ2v) is 4.79. The van der Waals surface area contributed by atoms with Crippen LogP contribution in [0.15, 0.2) is 12.7 Å². The Labute approximate surface area is 114 Å². The van der Waals surface area contributed by atoms with Gasteiger partial charge in [-0.05, 0) is 26.2 Å². The summed E-state index contributed by atoms with van der Waals surface area (Å²) in [5, 5.41) is 0. The molecule has 5 heteroatoms. The summed E-state index contributed by atoms with van der Waals surface area (Å²) < 4.78 is 10.3. The molecule has 0 radical (unpaired) electrons. The van der Waals surface area contributed by atoms with Gasteiger partial charge in [-0.3, -0.25) is 9.59 Å². The largest absolute Gasteiger partial charge is 0.465 e. The van der Waals surface area contributed by atoms with Crippen molar-refractivity contribution >= 4 is 11.9 Å². The fourth-order valence-electron chi connectivity index (χ4n) is 2.18. The van der Waals surface area contributed by atoms with Gasteiger partial charge in [0.05, 0.1) is 18.6 Å². The maximum Gasteiger partial charge on any atom is 0.325 e. The smallest absolute Gasteiger partial charge is 0.325 e. The number of rotatable bonds is 8. The van der Waals surface area contributed by atoms with E-state index < -0.39 is 5.97 Å². The molecule has 1 amide bonds. The van der Waals surface area contributed by atoms with E-state index in [1.54, 1.807) is 20.1 Å². The Bertz CT molecular complexity index is 331.